The van der Waals surface area contributed by atoms with Crippen LogP contribution >= 0.6 is 0 Å². The molecule has 0 spiro atoms. The number of Topliss-reactive ketones (excluding diaryl/α,β-unsaturated/α-hetero) is 1. The predicted molar refractivity (Wildman–Crippen MR) is 107 cm³/mol. The van der Waals surface area contributed by atoms with Gasteiger partial charge in [0.05, 0.1) is 7.11 Å². The van der Waals surface area contributed by atoms with Crippen molar-refractivity contribution in [3.05, 3.63) is 53.4 Å². The number of carbonyl (C=O) groups excluding carboxylic acids is 2. The smallest absolute Gasteiger partial charge is 0.417 e. The summed E-state index contributed by atoms with van der Waals surface area (Å²) in [5.41, 5.74) is -2.77. The van der Waals surface area contributed by atoms with Crippen LogP contribution in [0.15, 0.2) is 30.5 Å². The summed E-state index contributed by atoms with van der Waals surface area (Å²) in [6.45, 7) is 3.27. The average Bonchev–Trinajstić information content (AvgIpc) is 3.02. The van der Waals surface area contributed by atoms with Gasteiger partial charge in [0.15, 0.2) is 23.0 Å². The minimum absolute atomic E-state index is 0.0347. The Morgan fingerprint density at radius 1 is 1.21 bits per heavy atom. The van der Waals surface area contributed by atoms with Crippen LogP contribution in [0.5, 0.6) is 5.75 Å². The van der Waals surface area contributed by atoms with E-state index in [9.17, 15) is 31.5 Å². The van der Waals surface area contributed by atoms with Crippen molar-refractivity contribution in [2.75, 3.05) is 12.4 Å². The van der Waals surface area contributed by atoms with Crippen LogP contribution in [0.4, 0.5) is 27.6 Å². The first-order chi connectivity index (χ1) is 15.3. The molecule has 178 valence electrons. The summed E-state index contributed by atoms with van der Waals surface area (Å²) in [4.78, 5) is 28.5. The fraction of sp³-hybridized carbons (Fsp3) is 0.409. The molecule has 0 radical (unpaired) electrons. The number of methoxy groups -OCH3 is 1. The van der Waals surface area contributed by atoms with Crippen LogP contribution in [0, 0.1) is 17.6 Å². The minimum atomic E-state index is -4.87. The number of aromatic nitrogens is 1. The lowest BCUT2D eigenvalue weighted by molar-refractivity contribution is -0.272. The van der Waals surface area contributed by atoms with E-state index >= 15 is 0 Å². The van der Waals surface area contributed by atoms with Crippen molar-refractivity contribution in [2.45, 2.75) is 44.6 Å². The molecule has 4 atom stereocenters. The van der Waals surface area contributed by atoms with Crippen LogP contribution in [0.2, 0.25) is 0 Å². The summed E-state index contributed by atoms with van der Waals surface area (Å²) in [6, 6.07) is 4.43. The largest absolute Gasteiger partial charge is 0.493 e. The number of ether oxygens (including phenoxy) is 2. The summed E-state index contributed by atoms with van der Waals surface area (Å²) in [5, 5.41) is 2.42. The number of nitrogens with zero attached hydrogens (tertiary/aromatic N) is 1. The molecule has 0 unspecified atom stereocenters. The van der Waals surface area contributed by atoms with Gasteiger partial charge in [-0.3, -0.25) is 14.6 Å². The minimum Gasteiger partial charge on any atom is -0.493 e. The molecule has 1 saturated heterocycles. The van der Waals surface area contributed by atoms with Crippen molar-refractivity contribution in [2.24, 2.45) is 5.92 Å². The van der Waals surface area contributed by atoms with E-state index in [-0.39, 0.29) is 22.7 Å². The molecule has 1 aliphatic heterocycles. The number of hydrogen-bond acceptors (Lipinski definition) is 5. The Balaban J connectivity index is 2.07. The Bertz CT molecular complexity index is 1090. The lowest BCUT2D eigenvalue weighted by Crippen LogP contribution is -2.47. The van der Waals surface area contributed by atoms with Gasteiger partial charge in [-0.2, -0.15) is 17.6 Å². The zero-order valence-corrected chi connectivity index (χ0v) is 18.1. The van der Waals surface area contributed by atoms with E-state index in [4.69, 9.17) is 9.47 Å². The molecule has 33 heavy (non-hydrogen) atoms. The maximum Gasteiger partial charge on any atom is 0.417 e. The van der Waals surface area contributed by atoms with E-state index in [1.807, 2.05) is 0 Å². The van der Waals surface area contributed by atoms with Gasteiger partial charge in [0.1, 0.15) is 11.8 Å². The van der Waals surface area contributed by atoms with E-state index < -0.39 is 53.0 Å². The third-order valence-corrected chi connectivity index (χ3v) is 5.96. The van der Waals surface area contributed by atoms with Crippen LogP contribution in [0.1, 0.15) is 42.7 Å². The van der Waals surface area contributed by atoms with Crippen LogP contribution in [0.25, 0.3) is 0 Å². The van der Waals surface area contributed by atoms with Crippen molar-refractivity contribution in [3.63, 3.8) is 0 Å². The molecule has 3 rings (SSSR count). The molecular formula is C22H21F5N2O4. The molecule has 6 nitrogen and oxygen atoms in total. The van der Waals surface area contributed by atoms with Crippen molar-refractivity contribution in [1.29, 1.82) is 0 Å². The first kappa shape index (κ1) is 24.6. The van der Waals surface area contributed by atoms with Gasteiger partial charge in [-0.25, -0.2) is 4.39 Å². The summed E-state index contributed by atoms with van der Waals surface area (Å²) in [5.74, 6) is -7.31. The number of anilines is 1. The quantitative estimate of drug-likeness (QED) is 0.507. The zero-order chi connectivity index (χ0) is 24.7. The molecule has 0 bridgehead atoms. The number of amides is 1. The van der Waals surface area contributed by atoms with Crippen LogP contribution in [0.3, 0.4) is 0 Å². The van der Waals surface area contributed by atoms with Gasteiger partial charge < -0.3 is 14.8 Å². The van der Waals surface area contributed by atoms with Gasteiger partial charge in [0.25, 0.3) is 5.91 Å². The summed E-state index contributed by atoms with van der Waals surface area (Å²) < 4.78 is 80.2. The molecule has 1 aliphatic rings. The summed E-state index contributed by atoms with van der Waals surface area (Å²) in [6.07, 6.45) is -5.36. The maximum atomic E-state index is 14.4. The Morgan fingerprint density at radius 2 is 1.88 bits per heavy atom. The monoisotopic (exact) mass is 472 g/mol. The van der Waals surface area contributed by atoms with Gasteiger partial charge in [-0.05, 0) is 25.1 Å². The third-order valence-electron chi connectivity index (χ3n) is 5.96. The molecule has 1 aromatic heterocycles. The van der Waals surface area contributed by atoms with Crippen LogP contribution in [-0.2, 0) is 9.53 Å². The highest BCUT2D eigenvalue weighted by molar-refractivity contribution is 5.97. The number of alkyl halides is 3. The fourth-order valence-corrected chi connectivity index (χ4v) is 3.95. The second kappa shape index (κ2) is 8.69. The normalized spacial score (nSPS) is 25.1. The average molecular weight is 472 g/mol. The Hall–Kier alpha value is -3.08. The van der Waals surface area contributed by atoms with Crippen molar-refractivity contribution >= 4 is 17.4 Å². The topological polar surface area (TPSA) is 77.5 Å². The Morgan fingerprint density at radius 3 is 2.45 bits per heavy atom. The summed E-state index contributed by atoms with van der Waals surface area (Å²) >= 11 is 0. The van der Waals surface area contributed by atoms with E-state index in [0.29, 0.717) is 0 Å². The number of halogens is 5. The van der Waals surface area contributed by atoms with Gasteiger partial charge in [0.2, 0.25) is 5.82 Å². The number of carbonyl (C=O) groups is 2. The van der Waals surface area contributed by atoms with Crippen LogP contribution in [-0.4, -0.2) is 41.7 Å². The first-order valence-corrected chi connectivity index (χ1v) is 9.86. The molecule has 1 aromatic carbocycles. The highest BCUT2D eigenvalue weighted by Gasteiger charge is 2.65. The van der Waals surface area contributed by atoms with Crippen molar-refractivity contribution in [3.8, 4) is 5.75 Å². The number of pyridine rings is 1. The molecule has 11 heteroatoms. The zero-order valence-electron chi connectivity index (χ0n) is 18.1. The maximum absolute atomic E-state index is 14.4. The van der Waals surface area contributed by atoms with Crippen molar-refractivity contribution < 1.29 is 41.0 Å². The highest BCUT2D eigenvalue weighted by Crippen LogP contribution is 2.55. The predicted octanol–water partition coefficient (Wildman–Crippen LogP) is 4.65. The van der Waals surface area contributed by atoms with E-state index in [2.05, 4.69) is 10.3 Å². The SMILES string of the molecule is COc1c([C@H]2[C@H](C(=O)Nc3ccnc(C(C)=O)c3)O[C@](C)(C(F)(F)F)[C@H]2C)ccc(F)c1F. The standard InChI is InChI=1S/C22H21F5N2O4/c1-10-16(13-5-6-14(23)17(24)18(13)32-4)19(33-21(10,3)22(25,26)27)20(31)29-12-7-8-28-15(9-12)11(2)30/h5-10,16,19H,1-4H3,(H,28,29,31)/t10-,16-,19+,21-/m0/s1. The molecule has 0 aliphatic carbocycles. The molecular weight excluding hydrogens is 451 g/mol. The lowest BCUT2D eigenvalue weighted by atomic mass is 9.77. The Labute approximate surface area is 186 Å². The second-order valence-electron chi connectivity index (χ2n) is 7.92. The number of ketones is 1. The van der Waals surface area contributed by atoms with E-state index in [1.165, 1.54) is 32.2 Å². The first-order valence-electron chi connectivity index (χ1n) is 9.86. The van der Waals surface area contributed by atoms with Gasteiger partial charge in [-0.1, -0.05) is 13.0 Å². The number of hydrogen-bond donors (Lipinski definition) is 1. The second-order valence-corrected chi connectivity index (χ2v) is 7.92. The molecule has 2 aromatic rings. The molecule has 1 fully saturated rings. The molecule has 2 heterocycles. The Kier molecular flexibility index (Phi) is 6.47. The lowest BCUT2D eigenvalue weighted by Gasteiger charge is -2.32. The van der Waals surface area contributed by atoms with Gasteiger partial charge in [0, 0.05) is 36.2 Å². The number of nitrogens with one attached hydrogen (secondary N) is 1. The third kappa shape index (κ3) is 4.29. The van der Waals surface area contributed by atoms with E-state index in [1.54, 1.807) is 0 Å². The van der Waals surface area contributed by atoms with Crippen molar-refractivity contribution in [1.82, 2.24) is 4.98 Å². The molecule has 1 amide bonds. The van der Waals surface area contributed by atoms with E-state index in [0.717, 1.165) is 26.2 Å². The highest BCUT2D eigenvalue weighted by atomic mass is 19.4. The molecule has 0 saturated carbocycles. The fourth-order valence-electron chi connectivity index (χ4n) is 3.95. The number of benzene rings is 1. The van der Waals surface area contributed by atoms with Gasteiger partial charge in [-0.15, -0.1) is 0 Å². The molecule has 1 N–H and O–H groups in total. The van der Waals surface area contributed by atoms with Gasteiger partial charge >= 0.3 is 6.18 Å². The number of rotatable bonds is 5. The summed E-state index contributed by atoms with van der Waals surface area (Å²) in [7, 11) is 1.04. The van der Waals surface area contributed by atoms with Crippen LogP contribution < -0.4 is 10.1 Å².